The Labute approximate surface area is 225 Å². The zero-order valence-corrected chi connectivity index (χ0v) is 21.9. The van der Waals surface area contributed by atoms with Gasteiger partial charge in [-0.25, -0.2) is 14.4 Å². The van der Waals surface area contributed by atoms with E-state index in [2.05, 4.69) is 40.3 Å². The summed E-state index contributed by atoms with van der Waals surface area (Å²) in [5.74, 6) is 0.789. The van der Waals surface area contributed by atoms with E-state index in [0.717, 1.165) is 42.3 Å². The molecular weight excluding hydrogens is 493 g/mol. The number of imidazole rings is 1. The van der Waals surface area contributed by atoms with Crippen molar-refractivity contribution in [1.82, 2.24) is 40.4 Å². The zero-order chi connectivity index (χ0) is 26.2. The first-order chi connectivity index (χ1) is 19.2. The molecule has 1 saturated heterocycles. The fourth-order valence-corrected chi connectivity index (χ4v) is 6.10. The Balaban J connectivity index is 1.21. The molecular formula is C29H32FN9. The van der Waals surface area contributed by atoms with Crippen molar-refractivity contribution in [2.24, 2.45) is 5.92 Å². The first kappa shape index (κ1) is 24.1. The molecule has 0 radical (unpaired) electrons. The lowest BCUT2D eigenvalue weighted by Gasteiger charge is -2.28. The van der Waals surface area contributed by atoms with E-state index in [4.69, 9.17) is 4.98 Å². The van der Waals surface area contributed by atoms with Crippen LogP contribution >= 0.6 is 0 Å². The Morgan fingerprint density at radius 2 is 1.87 bits per heavy atom. The van der Waals surface area contributed by atoms with Crippen molar-refractivity contribution in [3.05, 3.63) is 48.3 Å². The topological polar surface area (TPSA) is 111 Å². The van der Waals surface area contributed by atoms with Crippen LogP contribution in [0.4, 0.5) is 10.1 Å². The summed E-state index contributed by atoms with van der Waals surface area (Å²) in [6.07, 6.45) is 15.7. The third-order valence-corrected chi connectivity index (χ3v) is 8.13. The summed E-state index contributed by atoms with van der Waals surface area (Å²) in [5, 5.41) is 11.2. The molecule has 200 valence electrons. The predicted molar refractivity (Wildman–Crippen MR) is 150 cm³/mol. The van der Waals surface area contributed by atoms with Gasteiger partial charge in [0.1, 0.15) is 16.9 Å². The lowest BCUT2D eigenvalue weighted by atomic mass is 10.1. The predicted octanol–water partition coefficient (Wildman–Crippen LogP) is 5.37. The fraction of sp³-hybridized carbons (Fsp3) is 0.414. The highest BCUT2D eigenvalue weighted by Gasteiger charge is 2.23. The van der Waals surface area contributed by atoms with Crippen LogP contribution in [0.1, 0.15) is 50.5 Å². The SMILES string of the molecule is Fc1c(-c2cncc(CNCC3CCCC3)c2)ncc2[nH]nc(-c3nc4c(N5CCCCC5)ccnc4[nH]3)c12. The second kappa shape index (κ2) is 10.3. The van der Waals surface area contributed by atoms with Crippen LogP contribution in [0.2, 0.25) is 0 Å². The Morgan fingerprint density at radius 1 is 1.00 bits per heavy atom. The van der Waals surface area contributed by atoms with Gasteiger partial charge in [-0.2, -0.15) is 5.10 Å². The Morgan fingerprint density at radius 3 is 2.74 bits per heavy atom. The molecule has 0 unspecified atom stereocenters. The number of rotatable bonds is 7. The summed E-state index contributed by atoms with van der Waals surface area (Å²) in [6.45, 7) is 3.70. The smallest absolute Gasteiger partial charge is 0.161 e. The van der Waals surface area contributed by atoms with Crippen molar-refractivity contribution in [3.63, 3.8) is 0 Å². The van der Waals surface area contributed by atoms with Gasteiger partial charge in [0, 0.05) is 43.8 Å². The quantitative estimate of drug-likeness (QED) is 0.262. The molecule has 0 aromatic carbocycles. The number of nitrogens with one attached hydrogen (secondary N) is 3. The van der Waals surface area contributed by atoms with Crippen LogP contribution in [-0.4, -0.2) is 54.8 Å². The maximum atomic E-state index is 16.1. The summed E-state index contributed by atoms with van der Waals surface area (Å²) < 4.78 is 16.1. The number of pyridine rings is 3. The summed E-state index contributed by atoms with van der Waals surface area (Å²) in [5.41, 5.74) is 5.32. The van der Waals surface area contributed by atoms with Crippen molar-refractivity contribution < 1.29 is 4.39 Å². The monoisotopic (exact) mass is 525 g/mol. The molecule has 1 saturated carbocycles. The first-order valence-corrected chi connectivity index (χ1v) is 14.0. The first-order valence-electron chi connectivity index (χ1n) is 14.0. The number of anilines is 1. The Kier molecular flexibility index (Phi) is 6.40. The molecule has 6 heterocycles. The van der Waals surface area contributed by atoms with Crippen molar-refractivity contribution in [1.29, 1.82) is 0 Å². The second-order valence-corrected chi connectivity index (χ2v) is 10.8. The minimum absolute atomic E-state index is 0.249. The van der Waals surface area contributed by atoms with Gasteiger partial charge >= 0.3 is 0 Å². The minimum Gasteiger partial charge on any atom is -0.370 e. The van der Waals surface area contributed by atoms with Crippen LogP contribution < -0.4 is 10.2 Å². The Bertz CT molecular complexity index is 1610. The molecule has 39 heavy (non-hydrogen) atoms. The van der Waals surface area contributed by atoms with Crippen LogP contribution in [0.5, 0.6) is 0 Å². The molecule has 0 amide bonds. The lowest BCUT2D eigenvalue weighted by molar-refractivity contribution is 0.489. The molecule has 2 fully saturated rings. The second-order valence-electron chi connectivity index (χ2n) is 10.8. The number of piperidine rings is 1. The molecule has 0 bridgehead atoms. The van der Waals surface area contributed by atoms with E-state index in [1.54, 1.807) is 18.6 Å². The van der Waals surface area contributed by atoms with E-state index in [-0.39, 0.29) is 5.69 Å². The van der Waals surface area contributed by atoms with Gasteiger partial charge in [-0.05, 0) is 62.3 Å². The van der Waals surface area contributed by atoms with E-state index >= 15 is 4.39 Å². The largest absolute Gasteiger partial charge is 0.370 e. The molecule has 9 nitrogen and oxygen atoms in total. The van der Waals surface area contributed by atoms with Gasteiger partial charge in [-0.3, -0.25) is 15.1 Å². The molecule has 7 rings (SSSR count). The maximum absolute atomic E-state index is 16.1. The van der Waals surface area contributed by atoms with Crippen molar-refractivity contribution >= 4 is 27.8 Å². The number of fused-ring (bicyclic) bond motifs is 2. The van der Waals surface area contributed by atoms with Crippen LogP contribution in [-0.2, 0) is 6.54 Å². The summed E-state index contributed by atoms with van der Waals surface area (Å²) in [6, 6.07) is 3.97. The van der Waals surface area contributed by atoms with Crippen molar-refractivity contribution in [2.45, 2.75) is 51.5 Å². The third-order valence-electron chi connectivity index (χ3n) is 8.13. The molecule has 2 aliphatic rings. The highest BCUT2D eigenvalue weighted by atomic mass is 19.1. The number of hydrogen-bond acceptors (Lipinski definition) is 7. The standard InChI is InChI=1S/C29H32FN9/c30-24-23-21(17-34-25(24)20-12-19(15-32-16-20)14-31-13-18-6-2-3-7-18)37-38-27(23)29-35-26-22(8-9-33-28(26)36-29)39-10-4-1-5-11-39/h8-9,12,15-18,31H,1-7,10-11,13-14H2,(H,37,38)(H,33,35,36). The van der Waals surface area contributed by atoms with Gasteiger partial charge in [-0.15, -0.1) is 0 Å². The zero-order valence-electron chi connectivity index (χ0n) is 21.9. The van der Waals surface area contributed by atoms with Crippen LogP contribution in [0, 0.1) is 11.7 Å². The summed E-state index contributed by atoms with van der Waals surface area (Å²) >= 11 is 0. The maximum Gasteiger partial charge on any atom is 0.161 e. The minimum atomic E-state index is -0.446. The van der Waals surface area contributed by atoms with Crippen molar-refractivity contribution in [2.75, 3.05) is 24.5 Å². The average Bonchev–Trinajstić information content (AvgIpc) is 3.73. The molecule has 3 N–H and O–H groups in total. The van der Waals surface area contributed by atoms with Gasteiger partial charge < -0.3 is 15.2 Å². The van der Waals surface area contributed by atoms with E-state index in [1.807, 2.05) is 18.3 Å². The number of halogens is 1. The Hall–Kier alpha value is -3.92. The van der Waals surface area contributed by atoms with Gasteiger partial charge in [-0.1, -0.05) is 12.8 Å². The highest BCUT2D eigenvalue weighted by molar-refractivity contribution is 5.96. The van der Waals surface area contributed by atoms with E-state index in [0.29, 0.717) is 40.2 Å². The van der Waals surface area contributed by atoms with Crippen LogP contribution in [0.3, 0.4) is 0 Å². The van der Waals surface area contributed by atoms with Gasteiger partial charge in [0.15, 0.2) is 17.3 Å². The molecule has 1 aliphatic carbocycles. The van der Waals surface area contributed by atoms with E-state index in [9.17, 15) is 0 Å². The summed E-state index contributed by atoms with van der Waals surface area (Å²) in [4.78, 5) is 23.8. The molecule has 10 heteroatoms. The normalized spacial score (nSPS) is 16.6. The molecule has 5 aromatic rings. The molecule has 0 spiro atoms. The number of aromatic amines is 2. The third kappa shape index (κ3) is 4.63. The van der Waals surface area contributed by atoms with Crippen LogP contribution in [0.25, 0.3) is 44.8 Å². The van der Waals surface area contributed by atoms with Gasteiger partial charge in [0.05, 0.1) is 22.8 Å². The molecule has 1 aliphatic heterocycles. The molecule has 0 atom stereocenters. The van der Waals surface area contributed by atoms with Crippen LogP contribution in [0.15, 0.2) is 36.9 Å². The average molecular weight is 526 g/mol. The number of H-pyrrole nitrogens is 2. The van der Waals surface area contributed by atoms with Gasteiger partial charge in [0.25, 0.3) is 0 Å². The van der Waals surface area contributed by atoms with Gasteiger partial charge in [0.2, 0.25) is 0 Å². The van der Waals surface area contributed by atoms with E-state index < -0.39 is 5.82 Å². The number of aromatic nitrogens is 7. The fourth-order valence-electron chi connectivity index (χ4n) is 6.10. The number of nitrogens with zero attached hydrogens (tertiary/aromatic N) is 6. The highest BCUT2D eigenvalue weighted by Crippen LogP contribution is 2.34. The van der Waals surface area contributed by atoms with Crippen molar-refractivity contribution in [3.8, 4) is 22.8 Å². The number of hydrogen-bond donors (Lipinski definition) is 3. The van der Waals surface area contributed by atoms with E-state index in [1.165, 1.54) is 44.9 Å². The lowest BCUT2D eigenvalue weighted by Crippen LogP contribution is -2.29. The summed E-state index contributed by atoms with van der Waals surface area (Å²) in [7, 11) is 0. The molecule has 5 aromatic heterocycles.